The van der Waals surface area contributed by atoms with Gasteiger partial charge in [-0.25, -0.2) is 4.98 Å². The summed E-state index contributed by atoms with van der Waals surface area (Å²) in [5.74, 6) is 0.222. The third kappa shape index (κ3) is 7.01. The lowest BCUT2D eigenvalue weighted by atomic mass is 10.1. The van der Waals surface area contributed by atoms with E-state index in [-0.39, 0.29) is 36.1 Å². The van der Waals surface area contributed by atoms with Gasteiger partial charge in [-0.1, -0.05) is 13.8 Å². The number of carbonyl (C=O) groups is 1. The minimum Gasteiger partial charge on any atom is -0.412 e. The van der Waals surface area contributed by atoms with Crippen molar-refractivity contribution in [2.75, 3.05) is 19.6 Å². The van der Waals surface area contributed by atoms with Crippen LogP contribution in [0.5, 0.6) is 0 Å². The maximum atomic E-state index is 12.2. The van der Waals surface area contributed by atoms with Gasteiger partial charge in [0.2, 0.25) is 0 Å². The summed E-state index contributed by atoms with van der Waals surface area (Å²) in [6, 6.07) is 7.71. The Kier molecular flexibility index (Phi) is 13.4. The van der Waals surface area contributed by atoms with E-state index >= 15 is 0 Å². The molecule has 0 bridgehead atoms. The molecule has 7 heteroatoms. The van der Waals surface area contributed by atoms with Gasteiger partial charge in [0, 0.05) is 30.1 Å². The zero-order chi connectivity index (χ0) is 15.1. The lowest BCUT2D eigenvalue weighted by Crippen LogP contribution is -2.24. The second kappa shape index (κ2) is 13.0. The first kappa shape index (κ1) is 24.8. The standard InChI is InChI=1S/C17H23N3O.2ClH.H2O/c1-3-19(4-2)12-5-6-17(21)15-7-9-16(10-8-15)20-13-11-18-14-20;;;/h7-11,13-14H,3-6,12H2,1-2H3;2*1H;1H2. The summed E-state index contributed by atoms with van der Waals surface area (Å²) < 4.78 is 1.93. The SMILES string of the molecule is CCN(CC)CCCC(=O)c1ccc(-n2ccnc2)cc1.Cl.Cl.O. The predicted octanol–water partition coefficient (Wildman–Crippen LogP) is 3.20. The Balaban J connectivity index is 0. The first-order chi connectivity index (χ1) is 10.2. The van der Waals surface area contributed by atoms with E-state index in [1.807, 2.05) is 35.0 Å². The third-order valence-electron chi connectivity index (χ3n) is 3.76. The number of halogens is 2. The molecule has 1 aromatic heterocycles. The smallest absolute Gasteiger partial charge is 0.162 e. The monoisotopic (exact) mass is 375 g/mol. The number of hydrogen-bond donors (Lipinski definition) is 0. The molecular formula is C17H27Cl2N3O2. The molecule has 0 unspecified atom stereocenters. The summed E-state index contributed by atoms with van der Waals surface area (Å²) in [4.78, 5) is 18.5. The number of carbonyl (C=O) groups excluding carboxylic acids is 1. The van der Waals surface area contributed by atoms with Crippen LogP contribution in [-0.4, -0.2) is 45.3 Å². The predicted molar refractivity (Wildman–Crippen MR) is 103 cm³/mol. The second-order valence-corrected chi connectivity index (χ2v) is 5.07. The molecule has 2 N–H and O–H groups in total. The van der Waals surface area contributed by atoms with E-state index in [0.29, 0.717) is 6.42 Å². The van der Waals surface area contributed by atoms with Gasteiger partial charge in [-0.15, -0.1) is 24.8 Å². The van der Waals surface area contributed by atoms with E-state index in [4.69, 9.17) is 0 Å². The highest BCUT2D eigenvalue weighted by molar-refractivity contribution is 5.96. The van der Waals surface area contributed by atoms with Crippen LogP contribution in [-0.2, 0) is 0 Å². The van der Waals surface area contributed by atoms with Crippen molar-refractivity contribution in [3.63, 3.8) is 0 Å². The number of rotatable bonds is 8. The van der Waals surface area contributed by atoms with E-state index in [0.717, 1.165) is 37.3 Å². The summed E-state index contributed by atoms with van der Waals surface area (Å²) in [5.41, 5.74) is 1.81. The zero-order valence-electron chi connectivity index (χ0n) is 14.1. The molecule has 136 valence electrons. The Labute approximate surface area is 156 Å². The van der Waals surface area contributed by atoms with E-state index in [1.165, 1.54) is 0 Å². The van der Waals surface area contributed by atoms with E-state index in [2.05, 4.69) is 23.7 Å². The van der Waals surface area contributed by atoms with Crippen LogP contribution in [0.3, 0.4) is 0 Å². The number of nitrogens with zero attached hydrogens (tertiary/aromatic N) is 3. The van der Waals surface area contributed by atoms with Crippen LogP contribution in [0.25, 0.3) is 5.69 Å². The van der Waals surface area contributed by atoms with Crippen molar-refractivity contribution in [1.82, 2.24) is 14.5 Å². The van der Waals surface area contributed by atoms with Crippen molar-refractivity contribution in [2.24, 2.45) is 0 Å². The number of imidazole rings is 1. The Morgan fingerprint density at radius 1 is 1.12 bits per heavy atom. The fourth-order valence-corrected chi connectivity index (χ4v) is 2.38. The molecule has 2 aromatic rings. The van der Waals surface area contributed by atoms with Crippen LogP contribution in [0.1, 0.15) is 37.0 Å². The molecule has 0 saturated carbocycles. The number of benzene rings is 1. The molecule has 0 amide bonds. The van der Waals surface area contributed by atoms with Crippen molar-refractivity contribution in [3.05, 3.63) is 48.5 Å². The molecule has 0 atom stereocenters. The van der Waals surface area contributed by atoms with Crippen LogP contribution >= 0.6 is 24.8 Å². The molecule has 0 saturated heterocycles. The first-order valence-corrected chi connectivity index (χ1v) is 7.58. The van der Waals surface area contributed by atoms with Gasteiger partial charge in [-0.05, 0) is 50.3 Å². The molecule has 0 aliphatic heterocycles. The van der Waals surface area contributed by atoms with Crippen molar-refractivity contribution in [3.8, 4) is 5.69 Å². The van der Waals surface area contributed by atoms with Crippen LogP contribution in [0.15, 0.2) is 43.0 Å². The van der Waals surface area contributed by atoms with Crippen molar-refractivity contribution in [1.29, 1.82) is 0 Å². The molecule has 1 aromatic carbocycles. The Morgan fingerprint density at radius 3 is 2.25 bits per heavy atom. The van der Waals surface area contributed by atoms with Gasteiger partial charge in [0.15, 0.2) is 5.78 Å². The Morgan fingerprint density at radius 2 is 1.75 bits per heavy atom. The molecular weight excluding hydrogens is 349 g/mol. The summed E-state index contributed by atoms with van der Waals surface area (Å²) in [6.07, 6.45) is 6.92. The highest BCUT2D eigenvalue weighted by Crippen LogP contribution is 2.12. The average molecular weight is 376 g/mol. The highest BCUT2D eigenvalue weighted by Gasteiger charge is 2.07. The van der Waals surface area contributed by atoms with Crippen LogP contribution in [0.4, 0.5) is 0 Å². The second-order valence-electron chi connectivity index (χ2n) is 5.07. The van der Waals surface area contributed by atoms with Crippen LogP contribution < -0.4 is 0 Å². The molecule has 0 fully saturated rings. The number of hydrogen-bond acceptors (Lipinski definition) is 3. The minimum absolute atomic E-state index is 0. The molecule has 5 nitrogen and oxygen atoms in total. The van der Waals surface area contributed by atoms with E-state index in [1.54, 1.807) is 12.5 Å². The summed E-state index contributed by atoms with van der Waals surface area (Å²) in [5, 5.41) is 0. The molecule has 0 radical (unpaired) electrons. The van der Waals surface area contributed by atoms with Gasteiger partial charge in [-0.3, -0.25) is 4.79 Å². The molecule has 0 aliphatic rings. The minimum atomic E-state index is 0. The normalized spacial score (nSPS) is 9.62. The largest absolute Gasteiger partial charge is 0.412 e. The first-order valence-electron chi connectivity index (χ1n) is 7.58. The van der Waals surface area contributed by atoms with Crippen LogP contribution in [0.2, 0.25) is 0 Å². The van der Waals surface area contributed by atoms with E-state index in [9.17, 15) is 4.79 Å². The number of Topliss-reactive ketones (excluding diaryl/α,β-unsaturated/α-hetero) is 1. The highest BCUT2D eigenvalue weighted by atomic mass is 35.5. The molecule has 1 heterocycles. The lowest BCUT2D eigenvalue weighted by Gasteiger charge is -2.17. The maximum Gasteiger partial charge on any atom is 0.162 e. The number of ketones is 1. The quantitative estimate of drug-likeness (QED) is 0.665. The van der Waals surface area contributed by atoms with Crippen LogP contribution in [0, 0.1) is 0 Å². The molecule has 0 aliphatic carbocycles. The maximum absolute atomic E-state index is 12.2. The summed E-state index contributed by atoms with van der Waals surface area (Å²) in [6.45, 7) is 7.39. The van der Waals surface area contributed by atoms with Gasteiger partial charge in [-0.2, -0.15) is 0 Å². The number of aromatic nitrogens is 2. The average Bonchev–Trinajstić information content (AvgIpc) is 3.06. The Hall–Kier alpha value is -1.40. The zero-order valence-corrected chi connectivity index (χ0v) is 15.8. The van der Waals surface area contributed by atoms with Gasteiger partial charge in [0.1, 0.15) is 0 Å². The van der Waals surface area contributed by atoms with Gasteiger partial charge < -0.3 is 14.9 Å². The summed E-state index contributed by atoms with van der Waals surface area (Å²) >= 11 is 0. The fraction of sp³-hybridized carbons (Fsp3) is 0.412. The topological polar surface area (TPSA) is 69.6 Å². The van der Waals surface area contributed by atoms with Gasteiger partial charge in [0.25, 0.3) is 0 Å². The summed E-state index contributed by atoms with van der Waals surface area (Å²) in [7, 11) is 0. The van der Waals surface area contributed by atoms with Gasteiger partial charge >= 0.3 is 0 Å². The van der Waals surface area contributed by atoms with Gasteiger partial charge in [0.05, 0.1) is 6.33 Å². The molecule has 2 rings (SSSR count). The lowest BCUT2D eigenvalue weighted by molar-refractivity contribution is 0.0975. The molecule has 0 spiro atoms. The fourth-order valence-electron chi connectivity index (χ4n) is 2.38. The van der Waals surface area contributed by atoms with Crippen molar-refractivity contribution in [2.45, 2.75) is 26.7 Å². The Bertz CT molecular complexity index is 556. The van der Waals surface area contributed by atoms with E-state index < -0.39 is 0 Å². The third-order valence-corrected chi connectivity index (χ3v) is 3.76. The molecule has 24 heavy (non-hydrogen) atoms. The van der Waals surface area contributed by atoms with Crippen molar-refractivity contribution < 1.29 is 10.3 Å². The van der Waals surface area contributed by atoms with Crippen molar-refractivity contribution >= 4 is 30.6 Å².